The van der Waals surface area contributed by atoms with E-state index in [4.69, 9.17) is 0 Å². The minimum atomic E-state index is -0.925. The highest BCUT2D eigenvalue weighted by molar-refractivity contribution is 5.23. The van der Waals surface area contributed by atoms with E-state index in [0.717, 1.165) is 25.0 Å². The number of hydrogen-bond donors (Lipinski definition) is 1. The van der Waals surface area contributed by atoms with Crippen molar-refractivity contribution in [3.05, 3.63) is 35.4 Å². The van der Waals surface area contributed by atoms with Gasteiger partial charge in [0.2, 0.25) is 0 Å². The summed E-state index contributed by atoms with van der Waals surface area (Å²) >= 11 is 0. The number of rotatable bonds is 5. The first-order valence-electron chi connectivity index (χ1n) is 6.19. The fourth-order valence-corrected chi connectivity index (χ4v) is 2.51. The first-order valence-corrected chi connectivity index (χ1v) is 6.19. The Labute approximate surface area is 107 Å². The van der Waals surface area contributed by atoms with Gasteiger partial charge in [-0.2, -0.15) is 0 Å². The molecule has 0 saturated carbocycles. The summed E-state index contributed by atoms with van der Waals surface area (Å²) in [5.74, 6) is -1.82. The number of hydrogen-bond acceptors (Lipinski definition) is 2. The van der Waals surface area contributed by atoms with Gasteiger partial charge in [-0.1, -0.05) is 19.9 Å². The summed E-state index contributed by atoms with van der Waals surface area (Å²) in [6, 6.07) is 3.57. The van der Waals surface area contributed by atoms with Gasteiger partial charge in [0, 0.05) is 5.54 Å². The molecule has 0 aromatic heterocycles. The van der Waals surface area contributed by atoms with Crippen molar-refractivity contribution < 1.29 is 13.9 Å². The van der Waals surface area contributed by atoms with E-state index in [1.54, 1.807) is 0 Å². The molecule has 0 heterocycles. The molecule has 0 aliphatic carbocycles. The third-order valence-corrected chi connectivity index (χ3v) is 3.88. The summed E-state index contributed by atoms with van der Waals surface area (Å²) in [7, 11) is 3.77. The molecular weight excluding hydrogens is 236 g/mol. The van der Waals surface area contributed by atoms with Crippen molar-refractivity contribution in [2.75, 3.05) is 14.1 Å². The lowest BCUT2D eigenvalue weighted by atomic mass is 9.81. The average molecular weight is 257 g/mol. The Hall–Kier alpha value is -1.00. The lowest BCUT2D eigenvalue weighted by molar-refractivity contribution is -0.0151. The zero-order valence-corrected chi connectivity index (χ0v) is 11.4. The van der Waals surface area contributed by atoms with Crippen LogP contribution >= 0.6 is 0 Å². The van der Waals surface area contributed by atoms with Crippen molar-refractivity contribution in [3.63, 3.8) is 0 Å². The van der Waals surface area contributed by atoms with Gasteiger partial charge in [0.25, 0.3) is 0 Å². The van der Waals surface area contributed by atoms with Crippen molar-refractivity contribution in [1.82, 2.24) is 4.90 Å². The molecule has 102 valence electrons. The highest BCUT2D eigenvalue weighted by Crippen LogP contribution is 2.36. The number of aliphatic hydroxyl groups excluding tert-OH is 1. The highest BCUT2D eigenvalue weighted by Gasteiger charge is 2.37. The maximum Gasteiger partial charge on any atom is 0.159 e. The van der Waals surface area contributed by atoms with Crippen molar-refractivity contribution in [2.45, 2.75) is 38.3 Å². The van der Waals surface area contributed by atoms with Crippen molar-refractivity contribution in [3.8, 4) is 0 Å². The number of likely N-dealkylation sites (N-methyl/N-ethyl adjacent to an activating group) is 1. The van der Waals surface area contributed by atoms with Crippen LogP contribution in [0.1, 0.15) is 38.4 Å². The van der Waals surface area contributed by atoms with Crippen LogP contribution in [0.3, 0.4) is 0 Å². The molecule has 0 radical (unpaired) electrons. The monoisotopic (exact) mass is 257 g/mol. The van der Waals surface area contributed by atoms with Crippen LogP contribution in [-0.2, 0) is 0 Å². The minimum Gasteiger partial charge on any atom is -0.386 e. The Kier molecular flexibility index (Phi) is 4.82. The third-order valence-electron chi connectivity index (χ3n) is 3.88. The van der Waals surface area contributed by atoms with Crippen LogP contribution in [-0.4, -0.2) is 29.6 Å². The standard InChI is InChI=1S/C14H21F2NO/c1-5-14(6-2,17(3)4)13(18)10-7-8-11(15)12(16)9-10/h7-9,13,18H,5-6H2,1-4H3. The number of nitrogens with zero attached hydrogens (tertiary/aromatic N) is 1. The Morgan fingerprint density at radius 3 is 2.11 bits per heavy atom. The molecule has 1 atom stereocenters. The molecule has 0 aliphatic rings. The van der Waals surface area contributed by atoms with Gasteiger partial charge in [0.15, 0.2) is 11.6 Å². The van der Waals surface area contributed by atoms with E-state index in [2.05, 4.69) is 0 Å². The van der Waals surface area contributed by atoms with E-state index in [1.807, 2.05) is 32.8 Å². The molecule has 0 fully saturated rings. The summed E-state index contributed by atoms with van der Waals surface area (Å²) in [4.78, 5) is 1.94. The molecular formula is C14H21F2NO. The molecule has 1 unspecified atom stereocenters. The fourth-order valence-electron chi connectivity index (χ4n) is 2.51. The predicted molar refractivity (Wildman–Crippen MR) is 68.3 cm³/mol. The number of halogens is 2. The van der Waals surface area contributed by atoms with Crippen molar-refractivity contribution in [1.29, 1.82) is 0 Å². The van der Waals surface area contributed by atoms with Crippen LogP contribution in [0.4, 0.5) is 8.78 Å². The average Bonchev–Trinajstić information content (AvgIpc) is 2.34. The second-order valence-electron chi connectivity index (χ2n) is 4.78. The molecule has 2 nitrogen and oxygen atoms in total. The molecule has 1 N–H and O–H groups in total. The second-order valence-corrected chi connectivity index (χ2v) is 4.78. The maximum absolute atomic E-state index is 13.2. The first kappa shape index (κ1) is 15.1. The van der Waals surface area contributed by atoms with Gasteiger partial charge >= 0.3 is 0 Å². The largest absolute Gasteiger partial charge is 0.386 e. The maximum atomic E-state index is 13.2. The van der Waals surface area contributed by atoms with E-state index in [9.17, 15) is 13.9 Å². The molecule has 0 amide bonds. The van der Waals surface area contributed by atoms with Crippen LogP contribution in [0.5, 0.6) is 0 Å². The quantitative estimate of drug-likeness (QED) is 0.876. The normalized spacial score (nSPS) is 14.0. The Morgan fingerprint density at radius 2 is 1.72 bits per heavy atom. The van der Waals surface area contributed by atoms with Crippen LogP contribution in [0.15, 0.2) is 18.2 Å². The van der Waals surface area contributed by atoms with Crippen LogP contribution in [0.25, 0.3) is 0 Å². The van der Waals surface area contributed by atoms with Crippen LogP contribution in [0.2, 0.25) is 0 Å². The lowest BCUT2D eigenvalue weighted by Crippen LogP contribution is -2.48. The van der Waals surface area contributed by atoms with Crippen molar-refractivity contribution in [2.24, 2.45) is 0 Å². The second kappa shape index (κ2) is 5.76. The Morgan fingerprint density at radius 1 is 1.17 bits per heavy atom. The highest BCUT2D eigenvalue weighted by atomic mass is 19.2. The molecule has 0 bridgehead atoms. The van der Waals surface area contributed by atoms with E-state index < -0.39 is 23.3 Å². The minimum absolute atomic E-state index is 0.409. The molecule has 18 heavy (non-hydrogen) atoms. The molecule has 1 aromatic carbocycles. The van der Waals surface area contributed by atoms with Gasteiger partial charge < -0.3 is 10.0 Å². The summed E-state index contributed by atoms with van der Waals surface area (Å²) in [5, 5.41) is 10.5. The van der Waals surface area contributed by atoms with Gasteiger partial charge in [-0.05, 0) is 44.6 Å². The van der Waals surface area contributed by atoms with E-state index in [0.29, 0.717) is 5.56 Å². The van der Waals surface area contributed by atoms with Crippen LogP contribution < -0.4 is 0 Å². The molecule has 0 aliphatic heterocycles. The first-order chi connectivity index (χ1) is 8.39. The van der Waals surface area contributed by atoms with Gasteiger partial charge in [-0.3, -0.25) is 0 Å². The molecule has 4 heteroatoms. The number of aliphatic hydroxyl groups is 1. The van der Waals surface area contributed by atoms with Gasteiger partial charge in [0.1, 0.15) is 0 Å². The Balaban J connectivity index is 3.17. The molecule has 0 spiro atoms. The fraction of sp³-hybridized carbons (Fsp3) is 0.571. The van der Waals surface area contributed by atoms with E-state index in [-0.39, 0.29) is 0 Å². The van der Waals surface area contributed by atoms with Crippen molar-refractivity contribution >= 4 is 0 Å². The van der Waals surface area contributed by atoms with Gasteiger partial charge in [0.05, 0.1) is 6.10 Å². The number of benzene rings is 1. The molecule has 1 aromatic rings. The summed E-state index contributed by atoms with van der Waals surface area (Å²) < 4.78 is 26.2. The van der Waals surface area contributed by atoms with Crippen LogP contribution in [0, 0.1) is 11.6 Å². The predicted octanol–water partition coefficient (Wildman–Crippen LogP) is 3.12. The molecule has 0 saturated heterocycles. The third kappa shape index (κ3) is 2.54. The van der Waals surface area contributed by atoms with Gasteiger partial charge in [-0.25, -0.2) is 8.78 Å². The summed E-state index contributed by atoms with van der Waals surface area (Å²) in [6.45, 7) is 3.96. The SMILES string of the molecule is CCC(CC)(C(O)c1ccc(F)c(F)c1)N(C)C. The zero-order chi connectivity index (χ0) is 13.9. The van der Waals surface area contributed by atoms with Gasteiger partial charge in [-0.15, -0.1) is 0 Å². The Bertz CT molecular complexity index is 403. The summed E-state index contributed by atoms with van der Waals surface area (Å²) in [6.07, 6.45) is 0.588. The topological polar surface area (TPSA) is 23.5 Å². The lowest BCUT2D eigenvalue weighted by Gasteiger charge is -2.42. The zero-order valence-electron chi connectivity index (χ0n) is 11.4. The smallest absolute Gasteiger partial charge is 0.159 e. The molecule has 1 rings (SSSR count). The summed E-state index contributed by atoms with van der Waals surface area (Å²) in [5.41, 5.74) is -0.0594. The van der Waals surface area contributed by atoms with E-state index in [1.165, 1.54) is 6.07 Å². The van der Waals surface area contributed by atoms with E-state index >= 15 is 0 Å².